The Hall–Kier alpha value is -1.81. The summed E-state index contributed by atoms with van der Waals surface area (Å²) in [6, 6.07) is 3.16. The lowest BCUT2D eigenvalue weighted by Crippen LogP contribution is -2.57. The van der Waals surface area contributed by atoms with Crippen LogP contribution >= 0.6 is 0 Å². The van der Waals surface area contributed by atoms with Crippen molar-refractivity contribution < 1.29 is 29.8 Å². The molecule has 9 heteroatoms. The lowest BCUT2D eigenvalue weighted by molar-refractivity contribution is 0.0137. The number of carboxylic acid groups (broad SMARTS) is 1. The molecule has 0 amide bonds. The first kappa shape index (κ1) is 17.6. The van der Waals surface area contributed by atoms with E-state index in [1.165, 1.54) is 0 Å². The van der Waals surface area contributed by atoms with Gasteiger partial charge in [0.2, 0.25) is 0 Å². The molecule has 8 nitrogen and oxygen atoms in total. The molecule has 2 atom stereocenters. The van der Waals surface area contributed by atoms with Crippen molar-refractivity contribution in [3.05, 3.63) is 23.3 Å². The Bertz CT molecular complexity index is 732. The molecular weight excluding hydrogens is 339 g/mol. The van der Waals surface area contributed by atoms with Crippen LogP contribution in [0.3, 0.4) is 0 Å². The maximum atomic E-state index is 11.6. The van der Waals surface area contributed by atoms with E-state index in [0.29, 0.717) is 25.1 Å². The molecule has 0 bridgehead atoms. The summed E-state index contributed by atoms with van der Waals surface area (Å²) >= 11 is 0. The standard InChI is InChI=1S/C17H23BN2O6/c19-17(3-4-17)8-20-6-9(7-20)26-13-2-1-10(11-5-12(11)18(24)25)15(21)14(13)16(22)23/h1-2,9,11-12,21,24-25H,3-8,19H2,(H,22,23)/t11?,12-/m0/s1. The highest BCUT2D eigenvalue weighted by Crippen LogP contribution is 2.56. The third kappa shape index (κ3) is 3.27. The smallest absolute Gasteiger partial charge is 0.455 e. The molecule has 1 aromatic carbocycles. The van der Waals surface area contributed by atoms with E-state index in [-0.39, 0.29) is 40.4 Å². The third-order valence-corrected chi connectivity index (χ3v) is 5.66. The molecule has 1 saturated heterocycles. The monoisotopic (exact) mass is 362 g/mol. The van der Waals surface area contributed by atoms with E-state index >= 15 is 0 Å². The van der Waals surface area contributed by atoms with Crippen molar-refractivity contribution in [2.45, 2.75) is 42.6 Å². The van der Waals surface area contributed by atoms with Gasteiger partial charge in [-0.1, -0.05) is 6.07 Å². The van der Waals surface area contributed by atoms with Crippen molar-refractivity contribution in [1.29, 1.82) is 0 Å². The molecule has 0 spiro atoms. The molecule has 1 unspecified atom stereocenters. The number of rotatable bonds is 7. The summed E-state index contributed by atoms with van der Waals surface area (Å²) in [6.07, 6.45) is 2.45. The van der Waals surface area contributed by atoms with Crippen molar-refractivity contribution in [3.63, 3.8) is 0 Å². The van der Waals surface area contributed by atoms with Crippen LogP contribution in [-0.2, 0) is 0 Å². The van der Waals surface area contributed by atoms with Crippen LogP contribution in [0, 0.1) is 0 Å². The Morgan fingerprint density at radius 1 is 1.35 bits per heavy atom. The largest absolute Gasteiger partial charge is 0.507 e. The number of carbonyl (C=O) groups is 1. The van der Waals surface area contributed by atoms with Crippen LogP contribution in [-0.4, -0.2) is 69.5 Å². The zero-order valence-corrected chi connectivity index (χ0v) is 14.3. The van der Waals surface area contributed by atoms with E-state index in [0.717, 1.165) is 19.4 Å². The molecule has 6 N–H and O–H groups in total. The van der Waals surface area contributed by atoms with Crippen molar-refractivity contribution in [1.82, 2.24) is 4.90 Å². The molecule has 2 saturated carbocycles. The van der Waals surface area contributed by atoms with Crippen molar-refractivity contribution >= 4 is 13.1 Å². The predicted molar refractivity (Wildman–Crippen MR) is 93.4 cm³/mol. The van der Waals surface area contributed by atoms with Gasteiger partial charge < -0.3 is 30.7 Å². The van der Waals surface area contributed by atoms with E-state index < -0.39 is 13.1 Å². The number of hydrogen-bond donors (Lipinski definition) is 5. The van der Waals surface area contributed by atoms with E-state index in [1.54, 1.807) is 12.1 Å². The number of carboxylic acids is 1. The molecule has 2 aliphatic carbocycles. The van der Waals surface area contributed by atoms with Gasteiger partial charge in [0.05, 0.1) is 0 Å². The Balaban J connectivity index is 1.45. The van der Waals surface area contributed by atoms with E-state index in [1.807, 2.05) is 0 Å². The molecule has 1 aromatic rings. The molecule has 1 aliphatic heterocycles. The Labute approximate surface area is 151 Å². The number of nitrogens with zero attached hydrogens (tertiary/aromatic N) is 1. The lowest BCUT2D eigenvalue weighted by atomic mass is 9.81. The summed E-state index contributed by atoms with van der Waals surface area (Å²) in [6.45, 7) is 2.19. The van der Waals surface area contributed by atoms with Crippen LogP contribution in [0.1, 0.15) is 41.1 Å². The first-order valence-corrected chi connectivity index (χ1v) is 8.90. The van der Waals surface area contributed by atoms with Gasteiger partial charge >= 0.3 is 13.1 Å². The van der Waals surface area contributed by atoms with Gasteiger partial charge in [0.25, 0.3) is 0 Å². The highest BCUT2D eigenvalue weighted by molar-refractivity contribution is 6.44. The average molecular weight is 362 g/mol. The van der Waals surface area contributed by atoms with Crippen LogP contribution in [0.25, 0.3) is 0 Å². The number of aromatic hydroxyl groups is 1. The van der Waals surface area contributed by atoms with Crippen LogP contribution in [0.15, 0.2) is 12.1 Å². The summed E-state index contributed by atoms with van der Waals surface area (Å²) in [7, 11) is -1.47. The summed E-state index contributed by atoms with van der Waals surface area (Å²) < 4.78 is 5.80. The molecular formula is C17H23BN2O6. The topological polar surface area (TPSA) is 136 Å². The minimum Gasteiger partial charge on any atom is -0.507 e. The highest BCUT2D eigenvalue weighted by atomic mass is 16.5. The molecule has 3 fully saturated rings. The number of likely N-dealkylation sites (tertiary alicyclic amines) is 1. The molecule has 4 rings (SSSR count). The van der Waals surface area contributed by atoms with Crippen LogP contribution in [0.4, 0.5) is 0 Å². The molecule has 0 radical (unpaired) electrons. The van der Waals surface area contributed by atoms with Gasteiger partial charge in [0.1, 0.15) is 23.2 Å². The maximum absolute atomic E-state index is 11.6. The summed E-state index contributed by atoms with van der Waals surface area (Å²) in [4.78, 5) is 13.8. The van der Waals surface area contributed by atoms with Gasteiger partial charge in [-0.25, -0.2) is 4.79 Å². The second-order valence-corrected chi connectivity index (χ2v) is 7.90. The fourth-order valence-electron chi connectivity index (χ4n) is 3.76. The summed E-state index contributed by atoms with van der Waals surface area (Å²) in [5.74, 6) is -2.10. The SMILES string of the molecule is NC1(CN2CC(Oc3ccc(C4C[C@@H]4B(O)O)c(O)c3C(=O)O)C2)CC1. The second-order valence-electron chi connectivity index (χ2n) is 7.90. The van der Waals surface area contributed by atoms with Gasteiger partial charge in [-0.3, -0.25) is 4.90 Å². The number of hydrogen-bond acceptors (Lipinski definition) is 7. The lowest BCUT2D eigenvalue weighted by Gasteiger charge is -2.40. The predicted octanol–water partition coefficient (Wildman–Crippen LogP) is -0.0250. The second kappa shape index (κ2) is 6.12. The fraction of sp³-hybridized carbons (Fsp3) is 0.588. The molecule has 3 aliphatic rings. The number of nitrogens with two attached hydrogens (primary N) is 1. The van der Waals surface area contributed by atoms with Crippen LogP contribution in [0.5, 0.6) is 11.5 Å². The molecule has 1 heterocycles. The maximum Gasteiger partial charge on any atom is 0.455 e. The molecule has 140 valence electrons. The van der Waals surface area contributed by atoms with E-state index in [4.69, 9.17) is 10.5 Å². The van der Waals surface area contributed by atoms with Gasteiger partial charge in [0, 0.05) is 31.0 Å². The van der Waals surface area contributed by atoms with Crippen molar-refractivity contribution in [2.75, 3.05) is 19.6 Å². The highest BCUT2D eigenvalue weighted by Gasteiger charge is 2.48. The fourth-order valence-corrected chi connectivity index (χ4v) is 3.76. The normalized spacial score (nSPS) is 26.9. The number of ether oxygens (including phenoxy) is 1. The van der Waals surface area contributed by atoms with Crippen LogP contribution in [0.2, 0.25) is 5.82 Å². The van der Waals surface area contributed by atoms with Gasteiger partial charge in [-0.05, 0) is 36.8 Å². The average Bonchev–Trinajstić information content (AvgIpc) is 3.42. The quantitative estimate of drug-likeness (QED) is 0.427. The zero-order chi connectivity index (χ0) is 18.6. The van der Waals surface area contributed by atoms with Crippen molar-refractivity contribution in [3.8, 4) is 11.5 Å². The van der Waals surface area contributed by atoms with Gasteiger partial charge in [-0.2, -0.15) is 0 Å². The zero-order valence-electron chi connectivity index (χ0n) is 14.3. The molecule has 26 heavy (non-hydrogen) atoms. The van der Waals surface area contributed by atoms with E-state index in [2.05, 4.69) is 4.90 Å². The minimum absolute atomic E-state index is 0.0603. The van der Waals surface area contributed by atoms with Gasteiger partial charge in [0.15, 0.2) is 0 Å². The summed E-state index contributed by atoms with van der Waals surface area (Å²) in [5.41, 5.74) is 6.18. The Morgan fingerprint density at radius 2 is 2.04 bits per heavy atom. The Kier molecular flexibility index (Phi) is 4.15. The first-order valence-electron chi connectivity index (χ1n) is 8.90. The Morgan fingerprint density at radius 3 is 2.58 bits per heavy atom. The minimum atomic E-state index is -1.47. The number of benzene rings is 1. The molecule has 0 aromatic heterocycles. The third-order valence-electron chi connectivity index (χ3n) is 5.66. The number of aromatic carboxylic acids is 1. The first-order chi connectivity index (χ1) is 12.3. The van der Waals surface area contributed by atoms with E-state index in [9.17, 15) is 25.1 Å². The summed E-state index contributed by atoms with van der Waals surface area (Å²) in [5, 5.41) is 38.4. The van der Waals surface area contributed by atoms with Crippen LogP contribution < -0.4 is 10.5 Å². The van der Waals surface area contributed by atoms with Crippen molar-refractivity contribution in [2.24, 2.45) is 5.73 Å². The number of phenols is 1. The van der Waals surface area contributed by atoms with Gasteiger partial charge in [-0.15, -0.1) is 0 Å².